The number of aromatic nitrogens is 1. The average molecular weight is 214 g/mol. The molecule has 0 aliphatic rings. The largest absolute Gasteiger partial charge is 0.396 e. The van der Waals surface area contributed by atoms with Gasteiger partial charge in [-0.2, -0.15) is 0 Å². The maximum Gasteiger partial charge on any atom is 0.182 e. The molecule has 0 fully saturated rings. The number of hydrogen-bond acceptors (Lipinski definition) is 4. The van der Waals surface area contributed by atoms with Gasteiger partial charge < -0.3 is 10.4 Å². The molecule has 80 valence electrons. The molecule has 3 nitrogen and oxygen atoms in total. The molecule has 0 aliphatic carbocycles. The second-order valence-electron chi connectivity index (χ2n) is 4.17. The maximum atomic E-state index is 9.07. The van der Waals surface area contributed by atoms with Gasteiger partial charge in [0.25, 0.3) is 0 Å². The first-order chi connectivity index (χ1) is 6.57. The molecule has 14 heavy (non-hydrogen) atoms. The Balaban J connectivity index is 2.45. The van der Waals surface area contributed by atoms with Gasteiger partial charge in [-0.05, 0) is 6.42 Å². The number of anilines is 1. The van der Waals surface area contributed by atoms with Crippen LogP contribution in [0.25, 0.3) is 0 Å². The summed E-state index contributed by atoms with van der Waals surface area (Å²) in [4.78, 5) is 4.39. The quantitative estimate of drug-likeness (QED) is 0.789. The molecule has 1 rings (SSSR count). The van der Waals surface area contributed by atoms with Crippen molar-refractivity contribution in [1.82, 2.24) is 4.98 Å². The lowest BCUT2D eigenvalue weighted by atomic mass is 9.95. The van der Waals surface area contributed by atoms with Gasteiger partial charge >= 0.3 is 0 Å². The van der Waals surface area contributed by atoms with Crippen molar-refractivity contribution in [2.45, 2.75) is 27.2 Å². The van der Waals surface area contributed by atoms with E-state index in [1.165, 1.54) is 0 Å². The first kappa shape index (κ1) is 11.5. The van der Waals surface area contributed by atoms with Crippen molar-refractivity contribution < 1.29 is 5.11 Å². The van der Waals surface area contributed by atoms with Crippen LogP contribution in [-0.2, 0) is 6.42 Å². The van der Waals surface area contributed by atoms with Crippen LogP contribution in [0.1, 0.15) is 26.5 Å². The van der Waals surface area contributed by atoms with Crippen LogP contribution in [0.5, 0.6) is 0 Å². The van der Waals surface area contributed by atoms with E-state index in [0.717, 1.165) is 23.8 Å². The summed E-state index contributed by atoms with van der Waals surface area (Å²) in [5.74, 6) is 0. The topological polar surface area (TPSA) is 45.1 Å². The minimum absolute atomic E-state index is 0.0853. The fraction of sp³-hybridized carbons (Fsp3) is 0.700. The summed E-state index contributed by atoms with van der Waals surface area (Å²) in [7, 11) is 0. The van der Waals surface area contributed by atoms with E-state index in [1.807, 2.05) is 13.8 Å². The Kier molecular flexibility index (Phi) is 3.89. The van der Waals surface area contributed by atoms with E-state index >= 15 is 0 Å². The van der Waals surface area contributed by atoms with Crippen molar-refractivity contribution in [1.29, 1.82) is 0 Å². The zero-order chi connectivity index (χ0) is 10.6. The number of thiazole rings is 1. The molecule has 0 spiro atoms. The predicted molar refractivity (Wildman–Crippen MR) is 60.8 cm³/mol. The third kappa shape index (κ3) is 3.27. The molecule has 0 aromatic carbocycles. The maximum absolute atomic E-state index is 9.07. The van der Waals surface area contributed by atoms with Crippen LogP contribution in [0.4, 0.5) is 5.13 Å². The predicted octanol–water partition coefficient (Wildman–Crippen LogP) is 2.14. The fourth-order valence-corrected chi connectivity index (χ4v) is 1.71. The smallest absolute Gasteiger partial charge is 0.182 e. The minimum Gasteiger partial charge on any atom is -0.396 e. The van der Waals surface area contributed by atoms with E-state index in [2.05, 4.69) is 22.6 Å². The zero-order valence-electron chi connectivity index (χ0n) is 9.00. The lowest BCUT2D eigenvalue weighted by Crippen LogP contribution is -2.26. The molecular weight excluding hydrogens is 196 g/mol. The van der Waals surface area contributed by atoms with Gasteiger partial charge in [0.1, 0.15) is 0 Å². The molecule has 2 N–H and O–H groups in total. The van der Waals surface area contributed by atoms with Crippen molar-refractivity contribution in [3.63, 3.8) is 0 Å². The molecule has 0 saturated carbocycles. The molecule has 1 aromatic heterocycles. The molecule has 1 aromatic rings. The highest BCUT2D eigenvalue weighted by Crippen LogP contribution is 2.19. The molecular formula is C10H18N2OS. The van der Waals surface area contributed by atoms with E-state index in [9.17, 15) is 0 Å². The minimum atomic E-state index is -0.0853. The van der Waals surface area contributed by atoms with Crippen LogP contribution in [0, 0.1) is 5.41 Å². The van der Waals surface area contributed by atoms with E-state index in [0.29, 0.717) is 0 Å². The Bertz CT molecular complexity index is 283. The Morgan fingerprint density at radius 3 is 2.79 bits per heavy atom. The number of nitrogens with zero attached hydrogens (tertiary/aromatic N) is 1. The monoisotopic (exact) mass is 214 g/mol. The molecule has 0 unspecified atom stereocenters. The molecule has 0 aliphatic heterocycles. The van der Waals surface area contributed by atoms with Gasteiger partial charge in [0.15, 0.2) is 5.13 Å². The van der Waals surface area contributed by atoms with Crippen molar-refractivity contribution in [2.24, 2.45) is 5.41 Å². The summed E-state index contributed by atoms with van der Waals surface area (Å²) in [6.45, 7) is 7.07. The van der Waals surface area contributed by atoms with Crippen molar-refractivity contribution in [3.8, 4) is 0 Å². The number of aryl methyl sites for hydroxylation is 1. The normalized spacial score (nSPS) is 11.7. The van der Waals surface area contributed by atoms with Gasteiger partial charge in [-0.15, -0.1) is 11.3 Å². The van der Waals surface area contributed by atoms with Crippen molar-refractivity contribution in [3.05, 3.63) is 11.1 Å². The van der Waals surface area contributed by atoms with Crippen LogP contribution >= 0.6 is 11.3 Å². The van der Waals surface area contributed by atoms with Crippen LogP contribution in [0.2, 0.25) is 0 Å². The van der Waals surface area contributed by atoms with Crippen LogP contribution in [-0.4, -0.2) is 23.2 Å². The lowest BCUT2D eigenvalue weighted by molar-refractivity contribution is 0.171. The Morgan fingerprint density at radius 1 is 1.57 bits per heavy atom. The van der Waals surface area contributed by atoms with E-state index in [-0.39, 0.29) is 12.0 Å². The summed E-state index contributed by atoms with van der Waals surface area (Å²) >= 11 is 1.62. The second kappa shape index (κ2) is 4.75. The molecule has 0 amide bonds. The molecule has 0 radical (unpaired) electrons. The van der Waals surface area contributed by atoms with Gasteiger partial charge in [0.05, 0.1) is 5.69 Å². The first-order valence-electron chi connectivity index (χ1n) is 4.86. The number of rotatable bonds is 5. The SMILES string of the molecule is CCc1csc(NCC(C)(C)CO)n1. The van der Waals surface area contributed by atoms with Crippen LogP contribution < -0.4 is 5.32 Å². The third-order valence-corrected chi connectivity index (χ3v) is 2.91. The second-order valence-corrected chi connectivity index (χ2v) is 5.03. The van der Waals surface area contributed by atoms with Crippen LogP contribution in [0.3, 0.4) is 0 Å². The highest BCUT2D eigenvalue weighted by atomic mass is 32.1. The summed E-state index contributed by atoms with van der Waals surface area (Å²) < 4.78 is 0. The molecule has 0 atom stereocenters. The van der Waals surface area contributed by atoms with Gasteiger partial charge in [-0.3, -0.25) is 0 Å². The van der Waals surface area contributed by atoms with E-state index < -0.39 is 0 Å². The molecule has 0 saturated heterocycles. The van der Waals surface area contributed by atoms with Gasteiger partial charge in [-0.1, -0.05) is 20.8 Å². The molecule has 0 bridgehead atoms. The molecule has 4 heteroatoms. The lowest BCUT2D eigenvalue weighted by Gasteiger charge is -2.21. The highest BCUT2D eigenvalue weighted by molar-refractivity contribution is 7.13. The van der Waals surface area contributed by atoms with E-state index in [4.69, 9.17) is 5.11 Å². The van der Waals surface area contributed by atoms with Gasteiger partial charge in [0, 0.05) is 23.9 Å². The van der Waals surface area contributed by atoms with Crippen molar-refractivity contribution in [2.75, 3.05) is 18.5 Å². The average Bonchev–Trinajstić information content (AvgIpc) is 2.63. The highest BCUT2D eigenvalue weighted by Gasteiger charge is 2.16. The number of nitrogens with one attached hydrogen (secondary N) is 1. The number of aliphatic hydroxyl groups is 1. The van der Waals surface area contributed by atoms with Gasteiger partial charge in [-0.25, -0.2) is 4.98 Å². The summed E-state index contributed by atoms with van der Waals surface area (Å²) in [6, 6.07) is 0. The number of aliphatic hydroxyl groups excluding tert-OH is 1. The fourth-order valence-electron chi connectivity index (χ4n) is 0.921. The van der Waals surface area contributed by atoms with Crippen molar-refractivity contribution >= 4 is 16.5 Å². The zero-order valence-corrected chi connectivity index (χ0v) is 9.82. The summed E-state index contributed by atoms with van der Waals surface area (Å²) in [6.07, 6.45) is 0.974. The first-order valence-corrected chi connectivity index (χ1v) is 5.74. The van der Waals surface area contributed by atoms with E-state index in [1.54, 1.807) is 11.3 Å². The van der Waals surface area contributed by atoms with Gasteiger partial charge in [0.2, 0.25) is 0 Å². The third-order valence-electron chi connectivity index (χ3n) is 2.06. The molecule has 1 heterocycles. The Hall–Kier alpha value is -0.610. The Labute approximate surface area is 89.2 Å². The number of hydrogen-bond donors (Lipinski definition) is 2. The summed E-state index contributed by atoms with van der Waals surface area (Å²) in [5.41, 5.74) is 1.04. The van der Waals surface area contributed by atoms with Crippen LogP contribution in [0.15, 0.2) is 5.38 Å². The Morgan fingerprint density at radius 2 is 2.29 bits per heavy atom. The summed E-state index contributed by atoms with van der Waals surface area (Å²) in [5, 5.41) is 15.3. The standard InChI is InChI=1S/C10H18N2OS/c1-4-8-5-14-9(12-8)11-6-10(2,3)7-13/h5,13H,4,6-7H2,1-3H3,(H,11,12).